The van der Waals surface area contributed by atoms with Crippen molar-refractivity contribution < 1.29 is 20.1 Å². The second-order valence-electron chi connectivity index (χ2n) is 4.15. The summed E-state index contributed by atoms with van der Waals surface area (Å²) < 4.78 is 6.17. The molecule has 2 heterocycles. The summed E-state index contributed by atoms with van der Waals surface area (Å²) in [7, 11) is 0. The van der Waals surface area contributed by atoms with Gasteiger partial charge in [-0.3, -0.25) is 4.57 Å². The molecule has 8 heteroatoms. The van der Waals surface area contributed by atoms with Crippen LogP contribution in [0, 0.1) is 12.3 Å². The third-order valence-electron chi connectivity index (χ3n) is 3.04. The molecule has 1 aliphatic heterocycles. The van der Waals surface area contributed by atoms with E-state index in [0.29, 0.717) is 0 Å². The van der Waals surface area contributed by atoms with Crippen LogP contribution in [0.4, 0.5) is 5.82 Å². The minimum absolute atomic E-state index is 0.0136. The first-order valence-corrected chi connectivity index (χ1v) is 5.43. The summed E-state index contributed by atoms with van der Waals surface area (Å²) in [5, 5.41) is 29.2. The molecular formula is C11H13N3O5. The standard InChI is InChI=1S/C11H13N3O5/c1-2-11(18)6(5-15)19-9(8(11)16)14-4-3-7(12)13-10(14)17/h1,3-4,6,8-9,15-16,18H,5H2,(H2,12,13,17)/t6-,8-,9-,11?/m1/s1. The number of terminal acetylenes is 1. The maximum atomic E-state index is 11.7. The first kappa shape index (κ1) is 13.5. The Morgan fingerprint density at radius 1 is 1.68 bits per heavy atom. The highest BCUT2D eigenvalue weighted by Crippen LogP contribution is 2.35. The number of nitrogen functional groups attached to an aromatic ring is 1. The minimum atomic E-state index is -2.08. The van der Waals surface area contributed by atoms with Crippen molar-refractivity contribution >= 4 is 5.82 Å². The Kier molecular flexibility index (Phi) is 3.30. The number of ether oxygens (including phenoxy) is 1. The van der Waals surface area contributed by atoms with Crippen molar-refractivity contribution in [2.24, 2.45) is 0 Å². The summed E-state index contributed by atoms with van der Waals surface area (Å²) in [6.45, 7) is -0.606. The van der Waals surface area contributed by atoms with Crippen LogP contribution < -0.4 is 11.4 Å². The van der Waals surface area contributed by atoms with Gasteiger partial charge in [0.05, 0.1) is 6.61 Å². The van der Waals surface area contributed by atoms with Crippen molar-refractivity contribution in [3.05, 3.63) is 22.7 Å². The predicted octanol–water partition coefficient (Wildman–Crippen LogP) is -2.56. The lowest BCUT2D eigenvalue weighted by Crippen LogP contribution is -2.48. The fraction of sp³-hybridized carbons (Fsp3) is 0.455. The molecule has 1 saturated heterocycles. The smallest absolute Gasteiger partial charge is 0.351 e. The van der Waals surface area contributed by atoms with E-state index >= 15 is 0 Å². The fourth-order valence-corrected chi connectivity index (χ4v) is 1.95. The van der Waals surface area contributed by atoms with Crippen molar-refractivity contribution in [3.63, 3.8) is 0 Å². The van der Waals surface area contributed by atoms with Crippen LogP contribution in [0.15, 0.2) is 17.1 Å². The highest BCUT2D eigenvalue weighted by atomic mass is 16.6. The zero-order valence-corrected chi connectivity index (χ0v) is 9.80. The van der Waals surface area contributed by atoms with Gasteiger partial charge in [-0.2, -0.15) is 4.98 Å². The van der Waals surface area contributed by atoms with Crippen LogP contribution in [0.25, 0.3) is 0 Å². The van der Waals surface area contributed by atoms with Gasteiger partial charge in [-0.1, -0.05) is 5.92 Å². The van der Waals surface area contributed by atoms with Gasteiger partial charge in [-0.05, 0) is 6.07 Å². The summed E-state index contributed by atoms with van der Waals surface area (Å²) in [5.41, 5.74) is 2.50. The zero-order valence-electron chi connectivity index (χ0n) is 9.80. The van der Waals surface area contributed by atoms with Crippen LogP contribution in [-0.2, 0) is 4.74 Å². The summed E-state index contributed by atoms with van der Waals surface area (Å²) in [6.07, 6.45) is 2.37. The molecule has 1 aromatic heterocycles. The summed E-state index contributed by atoms with van der Waals surface area (Å²) in [4.78, 5) is 15.1. The largest absolute Gasteiger partial charge is 0.394 e. The minimum Gasteiger partial charge on any atom is -0.394 e. The van der Waals surface area contributed by atoms with Gasteiger partial charge in [0.1, 0.15) is 18.0 Å². The summed E-state index contributed by atoms with van der Waals surface area (Å²) >= 11 is 0. The van der Waals surface area contributed by atoms with Crippen molar-refractivity contribution in [1.82, 2.24) is 9.55 Å². The van der Waals surface area contributed by atoms with Gasteiger partial charge in [0.25, 0.3) is 0 Å². The van der Waals surface area contributed by atoms with Gasteiger partial charge in [0, 0.05) is 6.20 Å². The number of rotatable bonds is 2. The molecule has 102 valence electrons. The normalized spacial score (nSPS) is 34.1. The molecule has 1 fully saturated rings. The van der Waals surface area contributed by atoms with E-state index in [1.807, 2.05) is 5.92 Å². The molecule has 0 saturated carbocycles. The van der Waals surface area contributed by atoms with Gasteiger partial charge in [0.15, 0.2) is 11.8 Å². The van der Waals surface area contributed by atoms with Gasteiger partial charge in [-0.25, -0.2) is 4.79 Å². The average molecular weight is 267 g/mol. The summed E-state index contributed by atoms with van der Waals surface area (Å²) in [5.74, 6) is 2.00. The Hall–Kier alpha value is -1.92. The van der Waals surface area contributed by atoms with Gasteiger partial charge >= 0.3 is 5.69 Å². The molecule has 1 aliphatic rings. The first-order valence-electron chi connectivity index (χ1n) is 5.43. The SMILES string of the molecule is C#CC1(O)[C@H](O)[C@H](n2ccc(N)nc2=O)O[C@@H]1CO. The second kappa shape index (κ2) is 4.64. The highest BCUT2D eigenvalue weighted by molar-refractivity contribution is 5.24. The Labute approximate surface area is 108 Å². The molecule has 2 rings (SSSR count). The zero-order chi connectivity index (χ0) is 14.2. The highest BCUT2D eigenvalue weighted by Gasteiger charge is 2.55. The first-order chi connectivity index (χ1) is 8.93. The second-order valence-corrected chi connectivity index (χ2v) is 4.15. The number of nitrogens with two attached hydrogens (primary N) is 1. The lowest BCUT2D eigenvalue weighted by Gasteiger charge is -2.23. The number of anilines is 1. The van der Waals surface area contributed by atoms with Crippen LogP contribution in [-0.4, -0.2) is 49.3 Å². The molecule has 5 N–H and O–H groups in total. The third-order valence-corrected chi connectivity index (χ3v) is 3.04. The van der Waals surface area contributed by atoms with E-state index in [1.54, 1.807) is 0 Å². The maximum Gasteiger partial charge on any atom is 0.351 e. The molecule has 0 radical (unpaired) electrons. The van der Waals surface area contributed by atoms with E-state index in [2.05, 4.69) is 4.98 Å². The quantitative estimate of drug-likeness (QED) is 0.433. The topological polar surface area (TPSA) is 131 Å². The number of hydrogen-bond donors (Lipinski definition) is 4. The van der Waals surface area contributed by atoms with Crippen LogP contribution in [0.1, 0.15) is 6.23 Å². The van der Waals surface area contributed by atoms with Gasteiger partial charge in [0.2, 0.25) is 0 Å². The Balaban J connectivity index is 2.43. The molecule has 0 aliphatic carbocycles. The van der Waals surface area contributed by atoms with E-state index in [4.69, 9.17) is 22.0 Å². The number of nitrogens with zero attached hydrogens (tertiary/aromatic N) is 2. The average Bonchev–Trinajstić information content (AvgIpc) is 2.63. The van der Waals surface area contributed by atoms with Crippen molar-refractivity contribution in [3.8, 4) is 12.3 Å². The lowest BCUT2D eigenvalue weighted by atomic mass is 9.93. The maximum absolute atomic E-state index is 11.7. The third kappa shape index (κ3) is 1.98. The molecule has 0 amide bonds. The van der Waals surface area contributed by atoms with Crippen LogP contribution in [0.3, 0.4) is 0 Å². The monoisotopic (exact) mass is 267 g/mol. The summed E-state index contributed by atoms with van der Waals surface area (Å²) in [6, 6.07) is 1.33. The molecule has 1 unspecified atom stereocenters. The predicted molar refractivity (Wildman–Crippen MR) is 63.7 cm³/mol. The molecular weight excluding hydrogens is 254 g/mol. The Morgan fingerprint density at radius 2 is 2.37 bits per heavy atom. The number of aromatic nitrogens is 2. The number of hydrogen-bond acceptors (Lipinski definition) is 7. The Bertz CT molecular complexity index is 580. The van der Waals surface area contributed by atoms with E-state index in [1.165, 1.54) is 12.3 Å². The lowest BCUT2D eigenvalue weighted by molar-refractivity contribution is -0.0624. The van der Waals surface area contributed by atoms with Gasteiger partial charge in [-0.15, -0.1) is 6.42 Å². The number of aliphatic hydroxyl groups excluding tert-OH is 2. The van der Waals surface area contributed by atoms with Crippen LogP contribution in [0.2, 0.25) is 0 Å². The van der Waals surface area contributed by atoms with Crippen molar-refractivity contribution in [1.29, 1.82) is 0 Å². The fourth-order valence-electron chi connectivity index (χ4n) is 1.95. The van der Waals surface area contributed by atoms with E-state index < -0.39 is 36.3 Å². The number of aliphatic hydroxyl groups is 3. The van der Waals surface area contributed by atoms with E-state index in [0.717, 1.165) is 4.57 Å². The van der Waals surface area contributed by atoms with Gasteiger partial charge < -0.3 is 25.8 Å². The molecule has 0 bridgehead atoms. The van der Waals surface area contributed by atoms with Crippen molar-refractivity contribution in [2.45, 2.75) is 24.0 Å². The van der Waals surface area contributed by atoms with E-state index in [9.17, 15) is 15.0 Å². The molecule has 8 nitrogen and oxygen atoms in total. The molecule has 0 spiro atoms. The molecule has 4 atom stereocenters. The van der Waals surface area contributed by atoms with Crippen LogP contribution in [0.5, 0.6) is 0 Å². The molecule has 19 heavy (non-hydrogen) atoms. The van der Waals surface area contributed by atoms with E-state index in [-0.39, 0.29) is 5.82 Å². The van der Waals surface area contributed by atoms with Crippen molar-refractivity contribution in [2.75, 3.05) is 12.3 Å². The molecule has 0 aromatic carbocycles. The molecule has 1 aromatic rings. The van der Waals surface area contributed by atoms with Crippen LogP contribution >= 0.6 is 0 Å². The Morgan fingerprint density at radius 3 is 2.84 bits per heavy atom.